The van der Waals surface area contributed by atoms with Crippen molar-refractivity contribution in [3.8, 4) is 0 Å². The van der Waals surface area contributed by atoms with E-state index in [0.29, 0.717) is 26.1 Å². The highest BCUT2D eigenvalue weighted by atomic mass is 16.6. The lowest BCUT2D eigenvalue weighted by Crippen LogP contribution is -2.65. The Morgan fingerprint density at radius 2 is 2.05 bits per heavy atom. The van der Waals surface area contributed by atoms with Crippen LogP contribution in [0.15, 0.2) is 0 Å². The first-order valence-electron chi connectivity index (χ1n) is 6.79. The van der Waals surface area contributed by atoms with E-state index in [2.05, 4.69) is 5.32 Å². The van der Waals surface area contributed by atoms with E-state index in [0.717, 1.165) is 0 Å². The van der Waals surface area contributed by atoms with Crippen LogP contribution in [0, 0.1) is 0 Å². The molecule has 0 aromatic heterocycles. The number of aliphatic carboxylic acids is 1. The molecule has 0 aliphatic carbocycles. The van der Waals surface area contributed by atoms with Crippen LogP contribution in [0.1, 0.15) is 27.2 Å². The van der Waals surface area contributed by atoms with Crippen molar-refractivity contribution in [2.45, 2.75) is 44.4 Å². The van der Waals surface area contributed by atoms with Gasteiger partial charge in [-0.15, -0.1) is 0 Å². The highest BCUT2D eigenvalue weighted by Crippen LogP contribution is 2.31. The predicted molar refractivity (Wildman–Crippen MR) is 70.5 cm³/mol. The second kappa shape index (κ2) is 5.21. The Morgan fingerprint density at radius 3 is 2.60 bits per heavy atom. The molecule has 20 heavy (non-hydrogen) atoms. The van der Waals surface area contributed by atoms with Crippen LogP contribution in [-0.4, -0.2) is 65.6 Å². The van der Waals surface area contributed by atoms with E-state index in [4.69, 9.17) is 14.6 Å². The summed E-state index contributed by atoms with van der Waals surface area (Å²) < 4.78 is 11.0. The minimum atomic E-state index is -0.912. The molecule has 7 heteroatoms. The van der Waals surface area contributed by atoms with Crippen LogP contribution in [-0.2, 0) is 14.3 Å². The van der Waals surface area contributed by atoms with Crippen molar-refractivity contribution in [2.24, 2.45) is 0 Å². The number of hydrogen-bond acceptors (Lipinski definition) is 5. The van der Waals surface area contributed by atoms with Gasteiger partial charge >= 0.3 is 12.1 Å². The fourth-order valence-electron chi connectivity index (χ4n) is 2.38. The maximum atomic E-state index is 11.9. The molecule has 1 spiro atoms. The molecule has 0 aromatic carbocycles. The summed E-state index contributed by atoms with van der Waals surface area (Å²) in [4.78, 5) is 24.4. The quantitative estimate of drug-likeness (QED) is 0.727. The molecule has 1 amide bonds. The fraction of sp³-hybridized carbons (Fsp3) is 0.846. The summed E-state index contributed by atoms with van der Waals surface area (Å²) in [5, 5.41) is 11.9. The summed E-state index contributed by atoms with van der Waals surface area (Å²) >= 11 is 0. The number of carbonyl (C=O) groups excluding carboxylic acids is 1. The summed E-state index contributed by atoms with van der Waals surface area (Å²) in [5.74, 6) is -0.912. The molecule has 1 unspecified atom stereocenters. The van der Waals surface area contributed by atoms with Crippen LogP contribution < -0.4 is 5.32 Å². The van der Waals surface area contributed by atoms with Crippen LogP contribution in [0.5, 0.6) is 0 Å². The molecule has 0 aromatic rings. The third-order valence-corrected chi connectivity index (χ3v) is 3.44. The zero-order valence-corrected chi connectivity index (χ0v) is 12.1. The predicted octanol–water partition coefficient (Wildman–Crippen LogP) is 0.439. The molecule has 1 atom stereocenters. The Hall–Kier alpha value is -1.34. The lowest BCUT2D eigenvalue weighted by molar-refractivity contribution is -0.152. The molecule has 2 saturated heterocycles. The number of amides is 1. The van der Waals surface area contributed by atoms with Gasteiger partial charge in [-0.05, 0) is 33.7 Å². The van der Waals surface area contributed by atoms with Crippen molar-refractivity contribution in [3.05, 3.63) is 0 Å². The van der Waals surface area contributed by atoms with Crippen molar-refractivity contribution in [2.75, 3.05) is 26.2 Å². The Bertz CT molecular complexity index is 398. The minimum Gasteiger partial charge on any atom is -0.480 e. The van der Waals surface area contributed by atoms with Crippen LogP contribution in [0.4, 0.5) is 4.79 Å². The number of carbonyl (C=O) groups is 2. The second-order valence-electron chi connectivity index (χ2n) is 6.43. The van der Waals surface area contributed by atoms with Gasteiger partial charge < -0.3 is 24.8 Å². The number of nitrogens with zero attached hydrogens (tertiary/aromatic N) is 1. The van der Waals surface area contributed by atoms with E-state index >= 15 is 0 Å². The van der Waals surface area contributed by atoms with Crippen molar-refractivity contribution < 1.29 is 24.2 Å². The summed E-state index contributed by atoms with van der Waals surface area (Å²) in [7, 11) is 0. The number of ether oxygens (including phenoxy) is 2. The largest absolute Gasteiger partial charge is 0.480 e. The van der Waals surface area contributed by atoms with Gasteiger partial charge in [-0.3, -0.25) is 4.79 Å². The van der Waals surface area contributed by atoms with E-state index in [-0.39, 0.29) is 12.7 Å². The Labute approximate surface area is 118 Å². The van der Waals surface area contributed by atoms with Gasteiger partial charge in [0.1, 0.15) is 17.2 Å². The number of carboxylic acid groups (broad SMARTS) is 1. The summed E-state index contributed by atoms with van der Waals surface area (Å²) in [6.07, 6.45) is 0.342. The van der Waals surface area contributed by atoms with Gasteiger partial charge in [0.15, 0.2) is 0 Å². The van der Waals surface area contributed by atoms with Crippen molar-refractivity contribution in [3.63, 3.8) is 0 Å². The number of nitrogens with one attached hydrogen (secondary N) is 1. The smallest absolute Gasteiger partial charge is 0.410 e. The molecule has 2 rings (SSSR count). The molecule has 2 aliphatic heterocycles. The normalized spacial score (nSPS) is 25.8. The van der Waals surface area contributed by atoms with Gasteiger partial charge in [-0.2, -0.15) is 0 Å². The van der Waals surface area contributed by atoms with Gasteiger partial charge in [0.25, 0.3) is 0 Å². The number of likely N-dealkylation sites (tertiary alicyclic amines) is 1. The van der Waals surface area contributed by atoms with Crippen LogP contribution >= 0.6 is 0 Å². The van der Waals surface area contributed by atoms with E-state index in [1.165, 1.54) is 0 Å². The molecule has 0 saturated carbocycles. The molecule has 0 radical (unpaired) electrons. The minimum absolute atomic E-state index is 0.123. The number of hydrogen-bond donors (Lipinski definition) is 2. The van der Waals surface area contributed by atoms with Gasteiger partial charge in [-0.1, -0.05) is 0 Å². The Morgan fingerprint density at radius 1 is 1.40 bits per heavy atom. The van der Waals surface area contributed by atoms with Gasteiger partial charge in [0.2, 0.25) is 0 Å². The van der Waals surface area contributed by atoms with Crippen LogP contribution in [0.3, 0.4) is 0 Å². The van der Waals surface area contributed by atoms with Crippen molar-refractivity contribution in [1.82, 2.24) is 10.2 Å². The average molecular weight is 286 g/mol. The number of carboxylic acids is 1. The van der Waals surface area contributed by atoms with Gasteiger partial charge in [0.05, 0.1) is 19.7 Å². The highest BCUT2D eigenvalue weighted by Gasteiger charge is 2.48. The highest BCUT2D eigenvalue weighted by molar-refractivity contribution is 5.73. The third-order valence-electron chi connectivity index (χ3n) is 3.44. The summed E-state index contributed by atoms with van der Waals surface area (Å²) in [5.41, 5.74) is -0.936. The molecule has 114 valence electrons. The first-order valence-corrected chi connectivity index (χ1v) is 6.79. The molecular formula is C13H22N2O5. The second-order valence-corrected chi connectivity index (χ2v) is 6.43. The van der Waals surface area contributed by atoms with Crippen molar-refractivity contribution in [1.29, 1.82) is 0 Å². The first-order chi connectivity index (χ1) is 9.21. The topological polar surface area (TPSA) is 88.1 Å². The first kappa shape index (κ1) is 15.1. The van der Waals surface area contributed by atoms with E-state index in [9.17, 15) is 9.59 Å². The molecule has 7 nitrogen and oxygen atoms in total. The number of rotatable bonds is 1. The van der Waals surface area contributed by atoms with Crippen molar-refractivity contribution >= 4 is 12.1 Å². The third kappa shape index (κ3) is 3.40. The molecular weight excluding hydrogens is 264 g/mol. The fourth-order valence-corrected chi connectivity index (χ4v) is 2.38. The van der Waals surface area contributed by atoms with E-state index in [1.807, 2.05) is 20.8 Å². The molecule has 2 fully saturated rings. The van der Waals surface area contributed by atoms with E-state index in [1.54, 1.807) is 4.90 Å². The van der Waals surface area contributed by atoms with Gasteiger partial charge in [0, 0.05) is 0 Å². The average Bonchev–Trinajstić information content (AvgIpc) is 2.46. The standard InChI is InChI=1S/C13H22N2O5/c1-12(2,3)20-11(18)15-7-13(8-15)4-5-14-9(6-19-13)10(16)17/h9,14H,4-8H2,1-3H3,(H,16,17). The lowest BCUT2D eigenvalue weighted by atomic mass is 9.90. The lowest BCUT2D eigenvalue weighted by Gasteiger charge is -2.48. The Balaban J connectivity index is 1.85. The van der Waals surface area contributed by atoms with Gasteiger partial charge in [-0.25, -0.2) is 4.79 Å². The SMILES string of the molecule is CC(C)(C)OC(=O)N1CC2(CCNC(C(=O)O)CO2)C1. The summed E-state index contributed by atoms with van der Waals surface area (Å²) in [6.45, 7) is 7.07. The summed E-state index contributed by atoms with van der Waals surface area (Å²) in [6, 6.07) is -0.676. The molecule has 2 heterocycles. The zero-order valence-electron chi connectivity index (χ0n) is 12.1. The maximum absolute atomic E-state index is 11.9. The molecule has 2 N–H and O–H groups in total. The molecule has 2 aliphatic rings. The zero-order chi connectivity index (χ0) is 15.0. The maximum Gasteiger partial charge on any atom is 0.410 e. The monoisotopic (exact) mass is 286 g/mol. The van der Waals surface area contributed by atoms with Crippen LogP contribution in [0.25, 0.3) is 0 Å². The molecule has 0 bridgehead atoms. The van der Waals surface area contributed by atoms with E-state index < -0.39 is 23.2 Å². The van der Waals surface area contributed by atoms with Crippen LogP contribution in [0.2, 0.25) is 0 Å². The Kier molecular flexibility index (Phi) is 3.93.